The Balaban J connectivity index is 1.41. The number of para-hydroxylation sites is 1. The fraction of sp³-hybridized carbons (Fsp3) is 0.241. The minimum Gasteiger partial charge on any atom is -0.507 e. The molecule has 1 amide bonds. The summed E-state index contributed by atoms with van der Waals surface area (Å²) in [5.41, 5.74) is 4.56. The first-order valence-electron chi connectivity index (χ1n) is 12.3. The fourth-order valence-corrected chi connectivity index (χ4v) is 6.33. The molecular weight excluding hydrogens is 486 g/mol. The lowest BCUT2D eigenvalue weighted by molar-refractivity contribution is -0.139. The Morgan fingerprint density at radius 2 is 2.03 bits per heavy atom. The van der Waals surface area contributed by atoms with Gasteiger partial charge in [-0.2, -0.15) is 0 Å². The number of aliphatic hydroxyl groups is 1. The number of fused-ring (bicyclic) bond motifs is 2. The molecular formula is C29H27N3O4S. The van der Waals surface area contributed by atoms with Crippen molar-refractivity contribution in [2.24, 2.45) is 0 Å². The minimum atomic E-state index is -0.656. The van der Waals surface area contributed by atoms with E-state index in [0.29, 0.717) is 25.1 Å². The molecule has 4 heterocycles. The van der Waals surface area contributed by atoms with E-state index in [4.69, 9.17) is 4.74 Å². The summed E-state index contributed by atoms with van der Waals surface area (Å²) in [6, 6.07) is 14.7. The Labute approximate surface area is 218 Å². The number of anilines is 1. The topological polar surface area (TPSA) is 85.9 Å². The van der Waals surface area contributed by atoms with Crippen molar-refractivity contribution < 1.29 is 19.4 Å². The Morgan fingerprint density at radius 1 is 1.19 bits per heavy atom. The summed E-state index contributed by atoms with van der Waals surface area (Å²) in [7, 11) is 1.96. The number of benzene rings is 2. The van der Waals surface area contributed by atoms with Gasteiger partial charge >= 0.3 is 0 Å². The van der Waals surface area contributed by atoms with Crippen LogP contribution in [0.15, 0.2) is 65.7 Å². The van der Waals surface area contributed by atoms with Crippen molar-refractivity contribution in [2.45, 2.75) is 19.4 Å². The summed E-state index contributed by atoms with van der Waals surface area (Å²) < 4.78 is 5.73. The second kappa shape index (κ2) is 9.12. The Bertz CT molecular complexity index is 1570. The first-order valence-corrected chi connectivity index (χ1v) is 13.2. The van der Waals surface area contributed by atoms with Gasteiger partial charge in [0.25, 0.3) is 11.7 Å². The SMILES string of the molecule is Cc1ccsc1C1/C(=C(/O)c2ccc3c(c2)N(C)CCO3)C(=O)C(=O)N1CCc1c[nH]c2ccccc12. The van der Waals surface area contributed by atoms with Gasteiger partial charge < -0.3 is 24.6 Å². The first-order chi connectivity index (χ1) is 17.9. The zero-order valence-corrected chi connectivity index (χ0v) is 21.5. The maximum atomic E-state index is 13.4. The number of aryl methyl sites for hydroxylation is 1. The highest BCUT2D eigenvalue weighted by Crippen LogP contribution is 2.43. The molecule has 2 N–H and O–H groups in total. The molecule has 1 unspecified atom stereocenters. The van der Waals surface area contributed by atoms with Crippen LogP contribution in [0, 0.1) is 6.92 Å². The van der Waals surface area contributed by atoms with Crippen LogP contribution in [-0.4, -0.2) is 53.4 Å². The second-order valence-electron chi connectivity index (χ2n) is 9.52. The third kappa shape index (κ3) is 3.88. The largest absolute Gasteiger partial charge is 0.507 e. The van der Waals surface area contributed by atoms with Crippen LogP contribution in [0.2, 0.25) is 0 Å². The van der Waals surface area contributed by atoms with Gasteiger partial charge in [0.15, 0.2) is 0 Å². The summed E-state index contributed by atoms with van der Waals surface area (Å²) in [6.07, 6.45) is 2.54. The molecule has 188 valence electrons. The van der Waals surface area contributed by atoms with Crippen LogP contribution in [-0.2, 0) is 16.0 Å². The molecule has 2 aromatic carbocycles. The molecule has 2 aliphatic heterocycles. The van der Waals surface area contributed by atoms with Gasteiger partial charge in [0.2, 0.25) is 0 Å². The molecule has 0 spiro atoms. The molecule has 8 heteroatoms. The van der Waals surface area contributed by atoms with Crippen molar-refractivity contribution in [1.29, 1.82) is 0 Å². The van der Waals surface area contributed by atoms with E-state index in [2.05, 4.69) is 9.88 Å². The van der Waals surface area contributed by atoms with Gasteiger partial charge in [-0.05, 0) is 60.2 Å². The van der Waals surface area contributed by atoms with E-state index < -0.39 is 17.7 Å². The fourth-order valence-electron chi connectivity index (χ4n) is 5.28. The van der Waals surface area contributed by atoms with Gasteiger partial charge in [0.05, 0.1) is 23.8 Å². The summed E-state index contributed by atoms with van der Waals surface area (Å²) >= 11 is 1.49. The summed E-state index contributed by atoms with van der Waals surface area (Å²) in [4.78, 5) is 34.6. The van der Waals surface area contributed by atoms with Crippen LogP contribution in [0.1, 0.15) is 27.6 Å². The third-order valence-corrected chi connectivity index (χ3v) is 8.39. The van der Waals surface area contributed by atoms with E-state index in [0.717, 1.165) is 44.9 Å². The zero-order chi connectivity index (χ0) is 25.7. The minimum absolute atomic E-state index is 0.133. The Morgan fingerprint density at radius 3 is 2.84 bits per heavy atom. The Kier molecular flexibility index (Phi) is 5.76. The highest BCUT2D eigenvalue weighted by atomic mass is 32.1. The predicted molar refractivity (Wildman–Crippen MR) is 145 cm³/mol. The molecule has 37 heavy (non-hydrogen) atoms. The number of H-pyrrole nitrogens is 1. The number of ether oxygens (including phenoxy) is 1. The van der Waals surface area contributed by atoms with Crippen molar-refractivity contribution in [3.8, 4) is 5.75 Å². The maximum Gasteiger partial charge on any atom is 0.295 e. The molecule has 0 aliphatic carbocycles. The number of hydrogen-bond acceptors (Lipinski definition) is 6. The van der Waals surface area contributed by atoms with Crippen molar-refractivity contribution in [2.75, 3.05) is 31.6 Å². The number of amides is 1. The molecule has 0 saturated carbocycles. The van der Waals surface area contributed by atoms with Crippen molar-refractivity contribution in [3.63, 3.8) is 0 Å². The summed E-state index contributed by atoms with van der Waals surface area (Å²) in [5.74, 6) is -0.670. The van der Waals surface area contributed by atoms with Gasteiger partial charge in [-0.15, -0.1) is 11.3 Å². The quantitative estimate of drug-likeness (QED) is 0.222. The highest BCUT2D eigenvalue weighted by Gasteiger charge is 2.47. The number of carbonyl (C=O) groups is 2. The molecule has 1 saturated heterocycles. The summed E-state index contributed by atoms with van der Waals surface area (Å²) in [6.45, 7) is 3.64. The number of rotatable bonds is 5. The lowest BCUT2D eigenvalue weighted by atomic mass is 9.97. The number of nitrogens with zero attached hydrogens (tertiary/aromatic N) is 2. The van der Waals surface area contributed by atoms with Gasteiger partial charge in [-0.1, -0.05) is 18.2 Å². The number of likely N-dealkylation sites (N-methyl/N-ethyl adjacent to an activating group) is 1. The van der Waals surface area contributed by atoms with Gasteiger partial charge in [0.1, 0.15) is 18.1 Å². The molecule has 2 aliphatic rings. The van der Waals surface area contributed by atoms with E-state index in [1.54, 1.807) is 17.0 Å². The standard InChI is InChI=1S/C29H27N3O4S/c1-17-10-14-37-28(17)25-24(26(33)18-7-8-23-22(15-18)31(2)12-13-36-23)27(34)29(35)32(25)11-9-19-16-30-21-6-4-3-5-20(19)21/h3-8,10,14-16,25,30,33H,9,11-13H2,1-2H3/b26-24-. The van der Waals surface area contributed by atoms with Crippen molar-refractivity contribution in [1.82, 2.24) is 9.88 Å². The van der Waals surface area contributed by atoms with E-state index in [-0.39, 0.29) is 11.3 Å². The van der Waals surface area contributed by atoms with Crippen LogP contribution in [0.3, 0.4) is 0 Å². The van der Waals surface area contributed by atoms with Crippen LogP contribution in [0.25, 0.3) is 16.7 Å². The van der Waals surface area contributed by atoms with E-state index in [1.165, 1.54) is 11.3 Å². The number of aromatic amines is 1. The van der Waals surface area contributed by atoms with Crippen molar-refractivity contribution >= 4 is 45.4 Å². The highest BCUT2D eigenvalue weighted by molar-refractivity contribution is 7.10. The number of likely N-dealkylation sites (tertiary alicyclic amines) is 1. The average Bonchev–Trinajstić information content (AvgIpc) is 3.59. The number of hydrogen-bond donors (Lipinski definition) is 2. The maximum absolute atomic E-state index is 13.4. The lowest BCUT2D eigenvalue weighted by Crippen LogP contribution is -2.31. The molecule has 2 aromatic heterocycles. The lowest BCUT2D eigenvalue weighted by Gasteiger charge is -2.28. The monoisotopic (exact) mass is 513 g/mol. The normalized spacial score (nSPS) is 18.9. The molecule has 0 radical (unpaired) electrons. The Hall–Kier alpha value is -4.04. The molecule has 1 atom stereocenters. The van der Waals surface area contributed by atoms with Crippen molar-refractivity contribution in [3.05, 3.63) is 87.2 Å². The molecule has 4 aromatic rings. The van der Waals surface area contributed by atoms with Crippen LogP contribution in [0.5, 0.6) is 5.75 Å². The summed E-state index contributed by atoms with van der Waals surface area (Å²) in [5, 5.41) is 14.5. The molecule has 6 rings (SSSR count). The number of aromatic nitrogens is 1. The molecule has 1 fully saturated rings. The van der Waals surface area contributed by atoms with Crippen LogP contribution in [0.4, 0.5) is 5.69 Å². The smallest absolute Gasteiger partial charge is 0.295 e. The predicted octanol–water partition coefficient (Wildman–Crippen LogP) is 5.03. The number of carbonyl (C=O) groups excluding carboxylic acids is 2. The van der Waals surface area contributed by atoms with Gasteiger partial charge in [-0.3, -0.25) is 9.59 Å². The zero-order valence-electron chi connectivity index (χ0n) is 20.7. The van der Waals surface area contributed by atoms with E-state index >= 15 is 0 Å². The van der Waals surface area contributed by atoms with E-state index in [9.17, 15) is 14.7 Å². The van der Waals surface area contributed by atoms with Crippen LogP contribution < -0.4 is 9.64 Å². The van der Waals surface area contributed by atoms with Gasteiger partial charge in [-0.25, -0.2) is 0 Å². The number of nitrogens with one attached hydrogen (secondary N) is 1. The number of thiophene rings is 1. The number of ketones is 1. The molecule has 7 nitrogen and oxygen atoms in total. The first kappa shape index (κ1) is 23.4. The number of Topliss-reactive ketones (excluding diaryl/α,β-unsaturated/α-hetero) is 1. The van der Waals surface area contributed by atoms with Crippen LogP contribution >= 0.6 is 11.3 Å². The van der Waals surface area contributed by atoms with E-state index in [1.807, 2.05) is 61.9 Å². The average molecular weight is 514 g/mol. The third-order valence-electron chi connectivity index (χ3n) is 7.31. The molecule has 0 bridgehead atoms. The second-order valence-corrected chi connectivity index (χ2v) is 10.5. The van der Waals surface area contributed by atoms with Gasteiger partial charge in [0, 0.05) is 41.1 Å². The number of aliphatic hydroxyl groups excluding tert-OH is 1.